The maximum Gasteiger partial charge on any atom is 0.328 e. The minimum absolute atomic E-state index is 0.0149. The zero-order valence-electron chi connectivity index (χ0n) is 11.8. The number of carbonyl (C=O) groups is 2. The molecule has 20 heavy (non-hydrogen) atoms. The number of halogens is 2. The van der Waals surface area contributed by atoms with E-state index in [-0.39, 0.29) is 10.6 Å². The van der Waals surface area contributed by atoms with E-state index < -0.39 is 29.3 Å². The first-order chi connectivity index (χ1) is 9.10. The molecule has 0 aliphatic rings. The summed E-state index contributed by atoms with van der Waals surface area (Å²) in [5.41, 5.74) is -0.535. The molecule has 0 spiro atoms. The summed E-state index contributed by atoms with van der Waals surface area (Å²) in [6.07, 6.45) is 0. The lowest BCUT2D eigenvalue weighted by atomic mass is 10.1. The van der Waals surface area contributed by atoms with E-state index >= 15 is 0 Å². The summed E-state index contributed by atoms with van der Waals surface area (Å²) in [6, 6.07) is 2.59. The van der Waals surface area contributed by atoms with Crippen LogP contribution in [0.4, 0.5) is 4.39 Å². The molecule has 1 rings (SSSR count). The second kappa shape index (κ2) is 6.22. The van der Waals surface area contributed by atoms with Crippen LogP contribution >= 0.6 is 11.6 Å². The highest BCUT2D eigenvalue weighted by Gasteiger charge is 2.24. The number of benzene rings is 1. The largest absolute Gasteiger partial charge is 0.458 e. The van der Waals surface area contributed by atoms with Crippen molar-refractivity contribution in [1.29, 1.82) is 0 Å². The Hall–Kier alpha value is -1.62. The Kier molecular flexibility index (Phi) is 5.11. The van der Waals surface area contributed by atoms with Crippen molar-refractivity contribution in [3.8, 4) is 0 Å². The lowest BCUT2D eigenvalue weighted by molar-refractivity contribution is -0.156. The van der Waals surface area contributed by atoms with E-state index in [1.165, 1.54) is 13.0 Å². The fourth-order valence-corrected chi connectivity index (χ4v) is 1.65. The molecule has 1 aromatic rings. The van der Waals surface area contributed by atoms with E-state index in [2.05, 4.69) is 5.32 Å². The molecule has 0 aromatic heterocycles. The van der Waals surface area contributed by atoms with Gasteiger partial charge < -0.3 is 10.1 Å². The Morgan fingerprint density at radius 2 is 1.95 bits per heavy atom. The van der Waals surface area contributed by atoms with Crippen molar-refractivity contribution in [3.05, 3.63) is 34.6 Å². The molecule has 1 amide bonds. The second-order valence-corrected chi connectivity index (χ2v) is 5.76. The molecule has 6 heteroatoms. The van der Waals surface area contributed by atoms with Gasteiger partial charge in [0.15, 0.2) is 0 Å². The van der Waals surface area contributed by atoms with Gasteiger partial charge in [-0.2, -0.15) is 0 Å². The van der Waals surface area contributed by atoms with Gasteiger partial charge in [-0.3, -0.25) is 4.79 Å². The number of carbonyl (C=O) groups excluding carboxylic acids is 2. The predicted octanol–water partition coefficient (Wildman–Crippen LogP) is 2.94. The highest BCUT2D eigenvalue weighted by Crippen LogP contribution is 2.17. The van der Waals surface area contributed by atoms with Gasteiger partial charge in [-0.1, -0.05) is 11.6 Å². The molecule has 0 bridgehead atoms. The van der Waals surface area contributed by atoms with E-state index in [1.807, 2.05) is 0 Å². The molecule has 1 N–H and O–H groups in total. The quantitative estimate of drug-likeness (QED) is 0.873. The summed E-state index contributed by atoms with van der Waals surface area (Å²) in [4.78, 5) is 23.7. The lowest BCUT2D eigenvalue weighted by Gasteiger charge is -2.22. The van der Waals surface area contributed by atoms with E-state index in [0.717, 1.165) is 12.1 Å². The van der Waals surface area contributed by atoms with Crippen molar-refractivity contribution in [2.45, 2.75) is 39.3 Å². The molecule has 0 aliphatic heterocycles. The van der Waals surface area contributed by atoms with Gasteiger partial charge in [0, 0.05) is 0 Å². The van der Waals surface area contributed by atoms with Crippen LogP contribution in [-0.2, 0) is 9.53 Å². The van der Waals surface area contributed by atoms with E-state index in [9.17, 15) is 14.0 Å². The number of ether oxygens (including phenoxy) is 1. The molecule has 0 aliphatic carbocycles. The fraction of sp³-hybridized carbons (Fsp3) is 0.429. The molecule has 1 atom stereocenters. The first-order valence-corrected chi connectivity index (χ1v) is 6.47. The van der Waals surface area contributed by atoms with E-state index in [4.69, 9.17) is 16.3 Å². The fourth-order valence-electron chi connectivity index (χ4n) is 1.40. The Morgan fingerprint density at radius 3 is 2.45 bits per heavy atom. The standard InChI is InChI=1S/C14H17ClFNO3/c1-8(13(19)20-14(2,3)4)17-12(18)10-6-5-9(16)7-11(10)15/h5-8H,1-4H3,(H,17,18)/t8-/m1/s1. The smallest absolute Gasteiger partial charge is 0.328 e. The highest BCUT2D eigenvalue weighted by atomic mass is 35.5. The molecule has 1 aromatic carbocycles. The maximum absolute atomic E-state index is 12.9. The molecule has 110 valence electrons. The normalized spacial score (nSPS) is 12.7. The second-order valence-electron chi connectivity index (χ2n) is 5.35. The number of nitrogens with one attached hydrogen (secondary N) is 1. The van der Waals surface area contributed by atoms with Crippen molar-refractivity contribution >= 4 is 23.5 Å². The zero-order chi connectivity index (χ0) is 15.5. The van der Waals surface area contributed by atoms with Crippen molar-refractivity contribution < 1.29 is 18.7 Å². The number of hydrogen-bond donors (Lipinski definition) is 1. The van der Waals surface area contributed by atoms with Crippen LogP contribution in [0.2, 0.25) is 5.02 Å². The van der Waals surface area contributed by atoms with Gasteiger partial charge in [-0.15, -0.1) is 0 Å². The van der Waals surface area contributed by atoms with E-state index in [0.29, 0.717) is 0 Å². The Morgan fingerprint density at radius 1 is 1.35 bits per heavy atom. The first-order valence-electron chi connectivity index (χ1n) is 6.09. The van der Waals surface area contributed by atoms with Crippen LogP contribution in [0.15, 0.2) is 18.2 Å². The number of amides is 1. The number of rotatable bonds is 3. The molecule has 0 unspecified atom stereocenters. The summed E-state index contributed by atoms with van der Waals surface area (Å²) in [7, 11) is 0. The first kappa shape index (κ1) is 16.4. The van der Waals surface area contributed by atoms with Crippen LogP contribution < -0.4 is 5.32 Å². The van der Waals surface area contributed by atoms with Crippen molar-refractivity contribution in [1.82, 2.24) is 5.32 Å². The molecule has 0 saturated carbocycles. The van der Waals surface area contributed by atoms with Crippen LogP contribution in [0.5, 0.6) is 0 Å². The average molecular weight is 302 g/mol. The van der Waals surface area contributed by atoms with Gasteiger partial charge in [0.2, 0.25) is 0 Å². The molecule has 0 radical (unpaired) electrons. The third-order valence-corrected chi connectivity index (χ3v) is 2.60. The monoisotopic (exact) mass is 301 g/mol. The van der Waals surface area contributed by atoms with Gasteiger partial charge >= 0.3 is 5.97 Å². The van der Waals surface area contributed by atoms with Gasteiger partial charge in [-0.25, -0.2) is 9.18 Å². The van der Waals surface area contributed by atoms with Crippen molar-refractivity contribution in [2.24, 2.45) is 0 Å². The summed E-state index contributed by atoms with van der Waals surface area (Å²) < 4.78 is 18.0. The van der Waals surface area contributed by atoms with E-state index in [1.54, 1.807) is 20.8 Å². The lowest BCUT2D eigenvalue weighted by Crippen LogP contribution is -2.42. The topological polar surface area (TPSA) is 55.4 Å². The number of hydrogen-bond acceptors (Lipinski definition) is 3. The molecular weight excluding hydrogens is 285 g/mol. The summed E-state index contributed by atoms with van der Waals surface area (Å²) in [5.74, 6) is -1.65. The van der Waals surface area contributed by atoms with Gasteiger partial charge in [0.05, 0.1) is 10.6 Å². The average Bonchev–Trinajstić information content (AvgIpc) is 2.26. The number of esters is 1. The van der Waals surface area contributed by atoms with Crippen LogP contribution in [0, 0.1) is 5.82 Å². The maximum atomic E-state index is 12.9. The molecule has 4 nitrogen and oxygen atoms in total. The van der Waals surface area contributed by atoms with Gasteiger partial charge in [0.1, 0.15) is 17.5 Å². The Labute approximate surface area is 122 Å². The SMILES string of the molecule is C[C@@H](NC(=O)c1ccc(F)cc1Cl)C(=O)OC(C)(C)C. The summed E-state index contributed by atoms with van der Waals surface area (Å²) >= 11 is 5.78. The molecular formula is C14H17ClFNO3. The van der Waals surface area contributed by atoms with Gasteiger partial charge in [-0.05, 0) is 45.9 Å². The van der Waals surface area contributed by atoms with Crippen LogP contribution in [0.25, 0.3) is 0 Å². The molecule has 0 heterocycles. The predicted molar refractivity (Wildman–Crippen MR) is 74.2 cm³/mol. The summed E-state index contributed by atoms with van der Waals surface area (Å²) in [5, 5.41) is 2.44. The third-order valence-electron chi connectivity index (χ3n) is 2.28. The highest BCUT2D eigenvalue weighted by molar-refractivity contribution is 6.33. The Bertz CT molecular complexity index is 526. The molecule has 0 fully saturated rings. The van der Waals surface area contributed by atoms with Crippen LogP contribution in [0.3, 0.4) is 0 Å². The van der Waals surface area contributed by atoms with Crippen LogP contribution in [0.1, 0.15) is 38.1 Å². The minimum Gasteiger partial charge on any atom is -0.458 e. The van der Waals surface area contributed by atoms with Crippen molar-refractivity contribution in [2.75, 3.05) is 0 Å². The van der Waals surface area contributed by atoms with Crippen LogP contribution in [-0.4, -0.2) is 23.5 Å². The zero-order valence-corrected chi connectivity index (χ0v) is 12.5. The third kappa shape index (κ3) is 4.81. The Balaban J connectivity index is 2.73. The molecule has 0 saturated heterocycles. The van der Waals surface area contributed by atoms with Crippen molar-refractivity contribution in [3.63, 3.8) is 0 Å². The van der Waals surface area contributed by atoms with Gasteiger partial charge in [0.25, 0.3) is 5.91 Å². The minimum atomic E-state index is -0.831. The summed E-state index contributed by atoms with van der Waals surface area (Å²) in [6.45, 7) is 6.70.